The van der Waals surface area contributed by atoms with E-state index in [0.29, 0.717) is 0 Å². The van der Waals surface area contributed by atoms with Gasteiger partial charge in [-0.05, 0) is 30.5 Å². The fourth-order valence-corrected chi connectivity index (χ4v) is 1.70. The van der Waals surface area contributed by atoms with E-state index in [-0.39, 0.29) is 17.3 Å². The highest BCUT2D eigenvalue weighted by Crippen LogP contribution is 2.31. The van der Waals surface area contributed by atoms with Crippen LogP contribution >= 0.6 is 0 Å². The molecule has 0 fully saturated rings. The van der Waals surface area contributed by atoms with Gasteiger partial charge in [0.1, 0.15) is 5.82 Å². The predicted molar refractivity (Wildman–Crippen MR) is 64.7 cm³/mol. The zero-order valence-electron chi connectivity index (χ0n) is 10.5. The molecule has 1 rings (SSSR count). The monoisotopic (exact) mass is 224 g/mol. The highest BCUT2D eigenvalue weighted by Gasteiger charge is 2.26. The molecule has 1 heterocycles. The molecule has 0 bridgehead atoms. The molecule has 0 aromatic carbocycles. The van der Waals surface area contributed by atoms with Crippen molar-refractivity contribution in [3.8, 4) is 0 Å². The zero-order chi connectivity index (χ0) is 12.2. The second-order valence-electron chi connectivity index (χ2n) is 5.15. The quantitative estimate of drug-likeness (QED) is 0.848. The molecule has 16 heavy (non-hydrogen) atoms. The predicted octanol–water partition coefficient (Wildman–Crippen LogP) is 3.31. The van der Waals surface area contributed by atoms with Gasteiger partial charge in [0.15, 0.2) is 0 Å². The van der Waals surface area contributed by atoms with Gasteiger partial charge in [-0.1, -0.05) is 27.7 Å². The van der Waals surface area contributed by atoms with Crippen LogP contribution in [0.15, 0.2) is 18.3 Å². The van der Waals surface area contributed by atoms with Crippen LogP contribution < -0.4 is 5.32 Å². The van der Waals surface area contributed by atoms with Gasteiger partial charge >= 0.3 is 0 Å². The molecule has 90 valence electrons. The van der Waals surface area contributed by atoms with Crippen molar-refractivity contribution >= 4 is 0 Å². The maximum absolute atomic E-state index is 12.8. The molecular weight excluding hydrogens is 203 g/mol. The molecule has 0 aliphatic rings. The summed E-state index contributed by atoms with van der Waals surface area (Å²) in [5, 5.41) is 3.46. The minimum Gasteiger partial charge on any atom is -0.308 e. The molecule has 0 saturated heterocycles. The second-order valence-corrected chi connectivity index (χ2v) is 5.15. The molecule has 3 heteroatoms. The van der Waals surface area contributed by atoms with E-state index in [1.54, 1.807) is 6.07 Å². The molecule has 0 aliphatic heterocycles. The van der Waals surface area contributed by atoms with Gasteiger partial charge in [0.05, 0.1) is 17.9 Å². The van der Waals surface area contributed by atoms with Crippen molar-refractivity contribution < 1.29 is 4.39 Å². The van der Waals surface area contributed by atoms with E-state index in [0.717, 1.165) is 18.7 Å². The molecule has 1 unspecified atom stereocenters. The number of hydrogen-bond donors (Lipinski definition) is 1. The lowest BCUT2D eigenvalue weighted by atomic mass is 9.84. The van der Waals surface area contributed by atoms with Crippen molar-refractivity contribution in [3.05, 3.63) is 29.8 Å². The maximum atomic E-state index is 12.8. The van der Waals surface area contributed by atoms with Crippen molar-refractivity contribution in [2.24, 2.45) is 5.41 Å². The molecule has 1 aromatic rings. The maximum Gasteiger partial charge on any atom is 0.141 e. The number of hydrogen-bond acceptors (Lipinski definition) is 2. The number of rotatable bonds is 4. The number of pyridine rings is 1. The summed E-state index contributed by atoms with van der Waals surface area (Å²) in [5.74, 6) is -0.285. The SMILES string of the molecule is CCCNC(c1ccc(F)cn1)C(C)(C)C. The first-order valence-electron chi connectivity index (χ1n) is 5.80. The van der Waals surface area contributed by atoms with Gasteiger partial charge in [0, 0.05) is 0 Å². The van der Waals surface area contributed by atoms with Gasteiger partial charge in [-0.25, -0.2) is 4.39 Å². The van der Waals surface area contributed by atoms with Gasteiger partial charge in [-0.3, -0.25) is 4.98 Å². The van der Waals surface area contributed by atoms with Crippen molar-refractivity contribution in [3.63, 3.8) is 0 Å². The fourth-order valence-electron chi connectivity index (χ4n) is 1.70. The molecule has 0 radical (unpaired) electrons. The highest BCUT2D eigenvalue weighted by molar-refractivity contribution is 5.12. The summed E-state index contributed by atoms with van der Waals surface area (Å²) < 4.78 is 12.8. The molecular formula is C13H21FN2. The van der Waals surface area contributed by atoms with E-state index in [2.05, 4.69) is 38.0 Å². The van der Waals surface area contributed by atoms with Crippen LogP contribution in [0.1, 0.15) is 45.9 Å². The Morgan fingerprint density at radius 3 is 2.50 bits per heavy atom. The molecule has 0 aliphatic carbocycles. The van der Waals surface area contributed by atoms with Gasteiger partial charge in [0.25, 0.3) is 0 Å². The minimum atomic E-state index is -0.285. The van der Waals surface area contributed by atoms with E-state index >= 15 is 0 Å². The van der Waals surface area contributed by atoms with Gasteiger partial charge in [-0.15, -0.1) is 0 Å². The van der Waals surface area contributed by atoms with E-state index in [1.807, 2.05) is 0 Å². The lowest BCUT2D eigenvalue weighted by Crippen LogP contribution is -2.33. The summed E-state index contributed by atoms with van der Waals surface area (Å²) in [4.78, 5) is 4.16. The number of halogens is 1. The summed E-state index contributed by atoms with van der Waals surface area (Å²) in [6.07, 6.45) is 2.36. The number of aromatic nitrogens is 1. The summed E-state index contributed by atoms with van der Waals surface area (Å²) in [5.41, 5.74) is 0.974. The highest BCUT2D eigenvalue weighted by atomic mass is 19.1. The van der Waals surface area contributed by atoms with Crippen molar-refractivity contribution in [2.75, 3.05) is 6.54 Å². The van der Waals surface area contributed by atoms with Gasteiger partial charge < -0.3 is 5.32 Å². The topological polar surface area (TPSA) is 24.9 Å². The van der Waals surface area contributed by atoms with Crippen LogP contribution in [0.5, 0.6) is 0 Å². The summed E-state index contributed by atoms with van der Waals surface area (Å²) in [7, 11) is 0. The van der Waals surface area contributed by atoms with E-state index in [4.69, 9.17) is 0 Å². The molecule has 1 aromatic heterocycles. The Kier molecular flexibility index (Phi) is 4.42. The van der Waals surface area contributed by atoms with E-state index in [9.17, 15) is 4.39 Å². The van der Waals surface area contributed by atoms with Gasteiger partial charge in [-0.2, -0.15) is 0 Å². The molecule has 1 atom stereocenters. The van der Waals surface area contributed by atoms with Crippen LogP contribution in [0, 0.1) is 11.2 Å². The first-order chi connectivity index (χ1) is 7.45. The van der Waals surface area contributed by atoms with Crippen LogP contribution in [-0.4, -0.2) is 11.5 Å². The summed E-state index contributed by atoms with van der Waals surface area (Å²) >= 11 is 0. The smallest absolute Gasteiger partial charge is 0.141 e. The second kappa shape index (κ2) is 5.39. The lowest BCUT2D eigenvalue weighted by Gasteiger charge is -2.31. The van der Waals surface area contributed by atoms with E-state index in [1.165, 1.54) is 12.3 Å². The third-order valence-electron chi connectivity index (χ3n) is 2.51. The summed E-state index contributed by atoms with van der Waals surface area (Å²) in [6.45, 7) is 9.55. The van der Waals surface area contributed by atoms with Gasteiger partial charge in [0.2, 0.25) is 0 Å². The van der Waals surface area contributed by atoms with Crippen LogP contribution in [-0.2, 0) is 0 Å². The Morgan fingerprint density at radius 2 is 2.06 bits per heavy atom. The molecule has 0 saturated carbocycles. The van der Waals surface area contributed by atoms with Crippen molar-refractivity contribution in [2.45, 2.75) is 40.2 Å². The number of nitrogens with one attached hydrogen (secondary N) is 1. The van der Waals surface area contributed by atoms with Crippen molar-refractivity contribution in [1.82, 2.24) is 10.3 Å². The Balaban J connectivity index is 2.88. The lowest BCUT2D eigenvalue weighted by molar-refractivity contribution is 0.268. The largest absolute Gasteiger partial charge is 0.308 e. The molecule has 1 N–H and O–H groups in total. The molecule has 2 nitrogen and oxygen atoms in total. The average Bonchev–Trinajstić information content (AvgIpc) is 2.19. The minimum absolute atomic E-state index is 0.0694. The van der Waals surface area contributed by atoms with Crippen LogP contribution in [0.25, 0.3) is 0 Å². The Labute approximate surface area is 97.3 Å². The van der Waals surface area contributed by atoms with Crippen molar-refractivity contribution in [1.29, 1.82) is 0 Å². The third kappa shape index (κ3) is 3.56. The standard InChI is InChI=1S/C13H21FN2/c1-5-8-15-12(13(2,3)4)11-7-6-10(14)9-16-11/h6-7,9,12,15H,5,8H2,1-4H3. The zero-order valence-corrected chi connectivity index (χ0v) is 10.5. The molecule has 0 spiro atoms. The van der Waals surface area contributed by atoms with Crippen LogP contribution in [0.4, 0.5) is 4.39 Å². The molecule has 0 amide bonds. The van der Waals surface area contributed by atoms with Crippen LogP contribution in [0.3, 0.4) is 0 Å². The third-order valence-corrected chi connectivity index (χ3v) is 2.51. The Hall–Kier alpha value is -0.960. The normalized spacial score (nSPS) is 13.8. The average molecular weight is 224 g/mol. The first kappa shape index (κ1) is 13.1. The first-order valence-corrected chi connectivity index (χ1v) is 5.80. The van der Waals surface area contributed by atoms with E-state index < -0.39 is 0 Å². The van der Waals surface area contributed by atoms with Crippen LogP contribution in [0.2, 0.25) is 0 Å². The summed E-state index contributed by atoms with van der Waals surface area (Å²) in [6, 6.07) is 3.39. The Bertz CT molecular complexity index is 314. The fraction of sp³-hybridized carbons (Fsp3) is 0.615. The Morgan fingerprint density at radius 1 is 1.38 bits per heavy atom. The number of nitrogens with zero attached hydrogens (tertiary/aromatic N) is 1.